The molecule has 0 saturated heterocycles. The minimum atomic E-state index is -3.29. The number of hydrogen-bond acceptors (Lipinski definition) is 2. The number of benzene rings is 1. The summed E-state index contributed by atoms with van der Waals surface area (Å²) < 4.78 is 26.8. The summed E-state index contributed by atoms with van der Waals surface area (Å²) >= 11 is 0. The number of sulfonamides is 1. The Morgan fingerprint density at radius 3 is 2.53 bits per heavy atom. The van der Waals surface area contributed by atoms with Gasteiger partial charge in [-0.1, -0.05) is 30.9 Å². The number of para-hydroxylation sites is 1. The molecule has 0 amide bonds. The van der Waals surface area contributed by atoms with Gasteiger partial charge in [0.2, 0.25) is 10.0 Å². The Hall–Kier alpha value is -1.47. The predicted molar refractivity (Wildman–Crippen MR) is 69.2 cm³/mol. The fraction of sp³-hybridized carbons (Fsp3) is 0.385. The highest BCUT2D eigenvalue weighted by Gasteiger charge is 2.28. The van der Waals surface area contributed by atoms with Crippen LogP contribution in [0.25, 0.3) is 0 Å². The van der Waals surface area contributed by atoms with Crippen LogP contribution in [-0.2, 0) is 10.0 Å². The molecule has 0 unspecified atom stereocenters. The molecule has 0 spiro atoms. The highest BCUT2D eigenvalue weighted by molar-refractivity contribution is 7.93. The number of anilines is 1. The van der Waals surface area contributed by atoms with Crippen LogP contribution >= 0.6 is 0 Å². The first-order valence-corrected chi connectivity index (χ1v) is 7.25. The quantitative estimate of drug-likeness (QED) is 0.836. The molecular weight excluding hydrogens is 234 g/mol. The Kier molecular flexibility index (Phi) is 3.39. The van der Waals surface area contributed by atoms with E-state index in [-0.39, 0.29) is 5.25 Å². The van der Waals surface area contributed by atoms with Crippen molar-refractivity contribution >= 4 is 15.7 Å². The summed E-state index contributed by atoms with van der Waals surface area (Å²) in [5.74, 6) is 2.48. The second kappa shape index (κ2) is 4.80. The number of nitrogens with one attached hydrogen (secondary N) is 1. The van der Waals surface area contributed by atoms with E-state index in [2.05, 4.69) is 10.6 Å². The van der Waals surface area contributed by atoms with Gasteiger partial charge < -0.3 is 0 Å². The maximum Gasteiger partial charge on any atom is 0.235 e. The second-order valence-corrected chi connectivity index (χ2v) is 6.20. The van der Waals surface area contributed by atoms with E-state index >= 15 is 0 Å². The smallest absolute Gasteiger partial charge is 0.235 e. The lowest BCUT2D eigenvalue weighted by atomic mass is 10.2. The molecule has 1 aromatic rings. The van der Waals surface area contributed by atoms with Crippen molar-refractivity contribution in [3.05, 3.63) is 29.8 Å². The third-order valence-electron chi connectivity index (χ3n) is 3.08. The van der Waals surface area contributed by atoms with E-state index in [1.54, 1.807) is 24.3 Å². The lowest BCUT2D eigenvalue weighted by Crippen LogP contribution is -2.25. The molecule has 1 fully saturated rings. The van der Waals surface area contributed by atoms with Crippen molar-refractivity contribution in [2.24, 2.45) is 0 Å². The maximum atomic E-state index is 12.1. The first-order chi connectivity index (χ1) is 8.13. The third-order valence-corrected chi connectivity index (χ3v) is 4.93. The van der Waals surface area contributed by atoms with Crippen LogP contribution in [0.5, 0.6) is 0 Å². The molecule has 1 N–H and O–H groups in total. The van der Waals surface area contributed by atoms with Gasteiger partial charge in [-0.3, -0.25) is 4.72 Å². The zero-order chi connectivity index (χ0) is 12.3. The summed E-state index contributed by atoms with van der Waals surface area (Å²) in [5, 5.41) is -0.270. The summed E-state index contributed by atoms with van der Waals surface area (Å²) in [6.07, 6.45) is 8.80. The Labute approximate surface area is 102 Å². The number of terminal acetylenes is 1. The first-order valence-electron chi connectivity index (χ1n) is 5.71. The number of rotatable bonds is 3. The SMILES string of the molecule is C#Cc1ccccc1NS(=O)(=O)C1CCCC1. The molecule has 0 radical (unpaired) electrons. The van der Waals surface area contributed by atoms with Crippen molar-refractivity contribution in [3.63, 3.8) is 0 Å². The fourth-order valence-corrected chi connectivity index (χ4v) is 3.74. The largest absolute Gasteiger partial charge is 0.282 e. The van der Waals surface area contributed by atoms with Gasteiger partial charge in [0, 0.05) is 5.56 Å². The lowest BCUT2D eigenvalue weighted by Gasteiger charge is -2.14. The zero-order valence-corrected chi connectivity index (χ0v) is 10.3. The first kappa shape index (κ1) is 12.0. The van der Waals surface area contributed by atoms with Gasteiger partial charge >= 0.3 is 0 Å². The minimum Gasteiger partial charge on any atom is -0.282 e. The van der Waals surface area contributed by atoms with Crippen LogP contribution in [-0.4, -0.2) is 13.7 Å². The lowest BCUT2D eigenvalue weighted by molar-refractivity contribution is 0.585. The molecule has 0 bridgehead atoms. The Balaban J connectivity index is 2.23. The average Bonchev–Trinajstić information content (AvgIpc) is 2.83. The molecule has 0 aromatic heterocycles. The van der Waals surface area contributed by atoms with E-state index < -0.39 is 10.0 Å². The van der Waals surface area contributed by atoms with Gasteiger partial charge in [-0.2, -0.15) is 0 Å². The van der Waals surface area contributed by atoms with Gasteiger partial charge in [-0.25, -0.2) is 8.42 Å². The van der Waals surface area contributed by atoms with Crippen LogP contribution in [0.2, 0.25) is 0 Å². The predicted octanol–water partition coefficient (Wildman–Crippen LogP) is 2.35. The Morgan fingerprint density at radius 1 is 1.24 bits per heavy atom. The van der Waals surface area contributed by atoms with E-state index in [4.69, 9.17) is 6.42 Å². The van der Waals surface area contributed by atoms with Crippen LogP contribution < -0.4 is 4.72 Å². The normalized spacial score (nSPS) is 16.6. The Morgan fingerprint density at radius 2 is 1.88 bits per heavy atom. The topological polar surface area (TPSA) is 46.2 Å². The molecule has 0 aliphatic heterocycles. The van der Waals surface area contributed by atoms with E-state index in [0.29, 0.717) is 11.3 Å². The van der Waals surface area contributed by atoms with Crippen LogP contribution in [0, 0.1) is 12.3 Å². The fourth-order valence-electron chi connectivity index (χ4n) is 2.13. The molecule has 3 nitrogen and oxygen atoms in total. The molecule has 0 atom stereocenters. The molecular formula is C13H15NO2S. The molecule has 1 aliphatic carbocycles. The molecule has 1 aliphatic rings. The van der Waals surface area contributed by atoms with Crippen LogP contribution in [0.1, 0.15) is 31.2 Å². The van der Waals surface area contributed by atoms with Crippen LogP contribution in [0.15, 0.2) is 24.3 Å². The Bertz CT molecular complexity index is 537. The van der Waals surface area contributed by atoms with Gasteiger partial charge in [-0.05, 0) is 25.0 Å². The molecule has 1 aromatic carbocycles. The highest BCUT2D eigenvalue weighted by Crippen LogP contribution is 2.26. The molecule has 2 rings (SSSR count). The van der Waals surface area contributed by atoms with E-state index in [9.17, 15) is 8.42 Å². The van der Waals surface area contributed by atoms with E-state index in [1.807, 2.05) is 0 Å². The summed E-state index contributed by atoms with van der Waals surface area (Å²) in [4.78, 5) is 0. The summed E-state index contributed by atoms with van der Waals surface area (Å²) in [5.41, 5.74) is 1.08. The number of hydrogen-bond donors (Lipinski definition) is 1. The average molecular weight is 249 g/mol. The summed E-state index contributed by atoms with van der Waals surface area (Å²) in [6, 6.07) is 6.99. The maximum absolute atomic E-state index is 12.1. The van der Waals surface area contributed by atoms with Crippen molar-refractivity contribution in [3.8, 4) is 12.3 Å². The molecule has 0 heterocycles. The van der Waals surface area contributed by atoms with Crippen LogP contribution in [0.4, 0.5) is 5.69 Å². The summed E-state index contributed by atoms with van der Waals surface area (Å²) in [7, 11) is -3.29. The van der Waals surface area contributed by atoms with Crippen molar-refractivity contribution in [1.29, 1.82) is 0 Å². The van der Waals surface area contributed by atoms with Gasteiger partial charge in [-0.15, -0.1) is 6.42 Å². The third kappa shape index (κ3) is 2.62. The molecule has 17 heavy (non-hydrogen) atoms. The monoisotopic (exact) mass is 249 g/mol. The minimum absolute atomic E-state index is 0.270. The van der Waals surface area contributed by atoms with Gasteiger partial charge in [0.25, 0.3) is 0 Å². The van der Waals surface area contributed by atoms with Crippen molar-refractivity contribution in [2.75, 3.05) is 4.72 Å². The van der Waals surface area contributed by atoms with Crippen molar-refractivity contribution in [1.82, 2.24) is 0 Å². The molecule has 4 heteroatoms. The zero-order valence-electron chi connectivity index (χ0n) is 9.52. The summed E-state index contributed by atoms with van der Waals surface area (Å²) in [6.45, 7) is 0. The van der Waals surface area contributed by atoms with Gasteiger partial charge in [0.05, 0.1) is 10.9 Å². The van der Waals surface area contributed by atoms with E-state index in [1.165, 1.54) is 0 Å². The molecule has 1 saturated carbocycles. The van der Waals surface area contributed by atoms with Gasteiger partial charge in [0.15, 0.2) is 0 Å². The second-order valence-electron chi connectivity index (χ2n) is 4.24. The van der Waals surface area contributed by atoms with Crippen LogP contribution in [0.3, 0.4) is 0 Å². The van der Waals surface area contributed by atoms with E-state index in [0.717, 1.165) is 25.7 Å². The van der Waals surface area contributed by atoms with Crippen molar-refractivity contribution in [2.45, 2.75) is 30.9 Å². The molecule has 90 valence electrons. The van der Waals surface area contributed by atoms with Gasteiger partial charge in [0.1, 0.15) is 0 Å². The standard InChI is InChI=1S/C13H15NO2S/c1-2-11-7-3-6-10-13(11)14-17(15,16)12-8-4-5-9-12/h1,3,6-7,10,12,14H,4-5,8-9H2. The van der Waals surface area contributed by atoms with Crippen molar-refractivity contribution < 1.29 is 8.42 Å². The highest BCUT2D eigenvalue weighted by atomic mass is 32.2.